The number of hydrogen-bond donors (Lipinski definition) is 0. The number of thiocarbonyl (C=S) groups is 1. The van der Waals surface area contributed by atoms with Crippen LogP contribution in [0.5, 0.6) is 0 Å². The lowest BCUT2D eigenvalue weighted by atomic mass is 10.7. The average molecular weight is 134 g/mol. The minimum absolute atomic E-state index is 0.146. The van der Waals surface area contributed by atoms with Gasteiger partial charge in [0.05, 0.1) is 14.2 Å². The van der Waals surface area contributed by atoms with E-state index >= 15 is 0 Å². The Hall–Kier alpha value is -0.640. The van der Waals surface area contributed by atoms with Gasteiger partial charge in [0.25, 0.3) is 5.05 Å². The summed E-state index contributed by atoms with van der Waals surface area (Å²) in [5.74, 6) is -0.609. The molecule has 0 aliphatic rings. The lowest BCUT2D eigenvalue weighted by Crippen LogP contribution is -2.14. The zero-order valence-electron chi connectivity index (χ0n) is 4.63. The Morgan fingerprint density at radius 2 is 1.88 bits per heavy atom. The topological polar surface area (TPSA) is 35.5 Å². The van der Waals surface area contributed by atoms with Gasteiger partial charge in [-0.15, -0.1) is 0 Å². The number of carbonyl (C=O) groups excluding carboxylic acids is 1. The summed E-state index contributed by atoms with van der Waals surface area (Å²) < 4.78 is 8.56. The molecule has 0 amide bonds. The summed E-state index contributed by atoms with van der Waals surface area (Å²) in [6, 6.07) is 0. The first-order valence-corrected chi connectivity index (χ1v) is 2.29. The third-order valence-electron chi connectivity index (χ3n) is 0.537. The molecule has 0 saturated heterocycles. The Morgan fingerprint density at radius 3 is 2.00 bits per heavy atom. The minimum Gasteiger partial charge on any atom is -0.482 e. The first kappa shape index (κ1) is 7.36. The van der Waals surface area contributed by atoms with E-state index in [4.69, 9.17) is 0 Å². The summed E-state index contributed by atoms with van der Waals surface area (Å²) >= 11 is 4.38. The third-order valence-corrected chi connectivity index (χ3v) is 0.871. The fourth-order valence-corrected chi connectivity index (χ4v) is 0.250. The van der Waals surface area contributed by atoms with Gasteiger partial charge in [-0.1, -0.05) is 0 Å². The molecule has 46 valence electrons. The molecule has 0 fully saturated rings. The summed E-state index contributed by atoms with van der Waals surface area (Å²) in [5, 5.41) is -0.146. The highest BCUT2D eigenvalue weighted by Crippen LogP contribution is 1.80. The normalized spacial score (nSPS) is 7.75. The molecule has 0 aliphatic carbocycles. The lowest BCUT2D eigenvalue weighted by molar-refractivity contribution is -0.133. The minimum atomic E-state index is -0.609. The highest BCUT2D eigenvalue weighted by atomic mass is 32.1. The Bertz CT molecular complexity index is 95.9. The van der Waals surface area contributed by atoms with E-state index in [1.807, 2.05) is 0 Å². The largest absolute Gasteiger partial charge is 0.482 e. The van der Waals surface area contributed by atoms with Gasteiger partial charge in [-0.3, -0.25) is 0 Å². The van der Waals surface area contributed by atoms with E-state index in [0.717, 1.165) is 0 Å². The first-order chi connectivity index (χ1) is 3.72. The van der Waals surface area contributed by atoms with Crippen LogP contribution < -0.4 is 0 Å². The van der Waals surface area contributed by atoms with Crippen LogP contribution in [0.4, 0.5) is 0 Å². The SMILES string of the molecule is COC(=O)C(=S)OC. The highest BCUT2D eigenvalue weighted by molar-refractivity contribution is 7.81. The molecule has 0 unspecified atom stereocenters. The van der Waals surface area contributed by atoms with Gasteiger partial charge < -0.3 is 9.47 Å². The monoisotopic (exact) mass is 134 g/mol. The number of rotatable bonds is 0. The van der Waals surface area contributed by atoms with Crippen molar-refractivity contribution in [3.8, 4) is 0 Å². The van der Waals surface area contributed by atoms with E-state index < -0.39 is 5.97 Å². The molecule has 0 aromatic carbocycles. The van der Waals surface area contributed by atoms with Gasteiger partial charge in [-0.2, -0.15) is 0 Å². The van der Waals surface area contributed by atoms with Gasteiger partial charge in [0, 0.05) is 0 Å². The summed E-state index contributed by atoms with van der Waals surface area (Å²) in [7, 11) is 2.56. The Kier molecular flexibility index (Phi) is 3.10. The second kappa shape index (κ2) is 3.37. The quantitative estimate of drug-likeness (QED) is 0.348. The molecule has 0 saturated carbocycles. The van der Waals surface area contributed by atoms with Crippen LogP contribution >= 0.6 is 12.2 Å². The van der Waals surface area contributed by atoms with Crippen molar-refractivity contribution in [2.24, 2.45) is 0 Å². The smallest absolute Gasteiger partial charge is 0.385 e. The molecule has 0 heterocycles. The highest BCUT2D eigenvalue weighted by Gasteiger charge is 2.06. The van der Waals surface area contributed by atoms with E-state index in [-0.39, 0.29) is 5.05 Å². The van der Waals surface area contributed by atoms with Crippen LogP contribution in [-0.2, 0) is 14.3 Å². The molecule has 0 atom stereocenters. The van der Waals surface area contributed by atoms with Crippen LogP contribution in [0, 0.1) is 0 Å². The Balaban J connectivity index is 3.64. The molecule has 8 heavy (non-hydrogen) atoms. The van der Waals surface area contributed by atoms with Gasteiger partial charge in [-0.25, -0.2) is 4.79 Å². The van der Waals surface area contributed by atoms with Crippen molar-refractivity contribution < 1.29 is 14.3 Å². The van der Waals surface area contributed by atoms with Crippen LogP contribution in [0.3, 0.4) is 0 Å². The van der Waals surface area contributed by atoms with E-state index in [1.165, 1.54) is 14.2 Å². The van der Waals surface area contributed by atoms with Gasteiger partial charge in [0.2, 0.25) is 0 Å². The molecular weight excluding hydrogens is 128 g/mol. The van der Waals surface area contributed by atoms with Crippen molar-refractivity contribution in [1.82, 2.24) is 0 Å². The third kappa shape index (κ3) is 1.88. The maximum atomic E-state index is 10.3. The first-order valence-electron chi connectivity index (χ1n) is 1.88. The van der Waals surface area contributed by atoms with Gasteiger partial charge in [0.1, 0.15) is 0 Å². The van der Waals surface area contributed by atoms with Crippen molar-refractivity contribution in [2.45, 2.75) is 0 Å². The number of hydrogen-bond acceptors (Lipinski definition) is 4. The van der Waals surface area contributed by atoms with Gasteiger partial charge in [0.15, 0.2) is 0 Å². The molecule has 0 N–H and O–H groups in total. The molecule has 3 nitrogen and oxygen atoms in total. The second-order valence-corrected chi connectivity index (χ2v) is 1.35. The van der Waals surface area contributed by atoms with Crippen LogP contribution in [0.15, 0.2) is 0 Å². The van der Waals surface area contributed by atoms with Crippen LogP contribution in [0.2, 0.25) is 0 Å². The molecule has 0 aliphatic heterocycles. The van der Waals surface area contributed by atoms with E-state index in [2.05, 4.69) is 21.7 Å². The zero-order valence-corrected chi connectivity index (χ0v) is 5.45. The molecule has 0 aromatic heterocycles. The maximum absolute atomic E-state index is 10.3. The molecule has 0 rings (SSSR count). The molecule has 0 aromatic rings. The summed E-state index contributed by atoms with van der Waals surface area (Å²) in [4.78, 5) is 10.3. The van der Waals surface area contributed by atoms with Gasteiger partial charge >= 0.3 is 5.97 Å². The second-order valence-electron chi connectivity index (χ2n) is 0.983. The van der Waals surface area contributed by atoms with Crippen molar-refractivity contribution in [3.63, 3.8) is 0 Å². The molecular formula is C4H6O3S. The van der Waals surface area contributed by atoms with E-state index in [9.17, 15) is 4.79 Å². The number of methoxy groups -OCH3 is 2. The van der Waals surface area contributed by atoms with Crippen molar-refractivity contribution in [1.29, 1.82) is 0 Å². The lowest BCUT2D eigenvalue weighted by Gasteiger charge is -1.96. The Morgan fingerprint density at radius 1 is 1.38 bits per heavy atom. The number of ether oxygens (including phenoxy) is 2. The standard InChI is InChI=1S/C4H6O3S/c1-6-3(5)4(8)7-2/h1-2H3. The maximum Gasteiger partial charge on any atom is 0.385 e. The molecule has 0 bridgehead atoms. The Labute approximate surface area is 52.6 Å². The summed E-state index contributed by atoms with van der Waals surface area (Å²) in [6.45, 7) is 0. The molecule has 0 radical (unpaired) electrons. The zero-order chi connectivity index (χ0) is 6.57. The van der Waals surface area contributed by atoms with Crippen LogP contribution in [0.25, 0.3) is 0 Å². The number of carbonyl (C=O) groups is 1. The fourth-order valence-electron chi connectivity index (χ4n) is 0.167. The van der Waals surface area contributed by atoms with E-state index in [1.54, 1.807) is 0 Å². The fraction of sp³-hybridized carbons (Fsp3) is 0.500. The van der Waals surface area contributed by atoms with Gasteiger partial charge in [-0.05, 0) is 12.2 Å². The van der Waals surface area contributed by atoms with Crippen molar-refractivity contribution in [2.75, 3.05) is 14.2 Å². The summed E-state index contributed by atoms with van der Waals surface area (Å²) in [6.07, 6.45) is 0. The molecule has 0 spiro atoms. The average Bonchev–Trinajstić information content (AvgIpc) is 1.84. The van der Waals surface area contributed by atoms with Crippen molar-refractivity contribution in [3.05, 3.63) is 0 Å². The van der Waals surface area contributed by atoms with Crippen LogP contribution in [-0.4, -0.2) is 25.2 Å². The molecule has 4 heteroatoms. The summed E-state index contributed by atoms with van der Waals surface area (Å²) in [5.41, 5.74) is 0. The van der Waals surface area contributed by atoms with Crippen molar-refractivity contribution >= 4 is 23.2 Å². The number of esters is 1. The van der Waals surface area contributed by atoms with E-state index in [0.29, 0.717) is 0 Å². The van der Waals surface area contributed by atoms with Crippen LogP contribution in [0.1, 0.15) is 0 Å². The predicted molar refractivity (Wildman–Crippen MR) is 31.6 cm³/mol. The predicted octanol–water partition coefficient (Wildman–Crippen LogP) is 0.133.